The molecule has 3 N–H and O–H groups in total. The highest BCUT2D eigenvalue weighted by atomic mass is 16.6. The Balaban J connectivity index is 1.89. The van der Waals surface area contributed by atoms with Crippen molar-refractivity contribution < 1.29 is 9.53 Å². The lowest BCUT2D eigenvalue weighted by Gasteiger charge is -2.32. The molecule has 1 saturated heterocycles. The van der Waals surface area contributed by atoms with Gasteiger partial charge in [0.1, 0.15) is 6.61 Å². The lowest BCUT2D eigenvalue weighted by Crippen LogP contribution is -2.56. The molecule has 1 unspecified atom stereocenters. The van der Waals surface area contributed by atoms with Crippen LogP contribution < -0.4 is 11.1 Å². The zero-order valence-electron chi connectivity index (χ0n) is 12.1. The van der Waals surface area contributed by atoms with Crippen molar-refractivity contribution in [3.8, 4) is 0 Å². The molecule has 0 spiro atoms. The van der Waals surface area contributed by atoms with Gasteiger partial charge in [0.15, 0.2) is 0 Å². The molecular formula is C15H23N3O2. The van der Waals surface area contributed by atoms with E-state index in [0.29, 0.717) is 26.2 Å². The monoisotopic (exact) mass is 277 g/mol. The van der Waals surface area contributed by atoms with Crippen molar-refractivity contribution >= 4 is 6.09 Å². The van der Waals surface area contributed by atoms with Gasteiger partial charge in [0.2, 0.25) is 0 Å². The van der Waals surface area contributed by atoms with E-state index in [1.807, 2.05) is 18.2 Å². The Bertz CT molecular complexity index is 448. The Morgan fingerprint density at radius 3 is 2.80 bits per heavy atom. The van der Waals surface area contributed by atoms with Gasteiger partial charge in [0.05, 0.1) is 12.7 Å². The van der Waals surface area contributed by atoms with E-state index in [-0.39, 0.29) is 17.7 Å². The highest BCUT2D eigenvalue weighted by Crippen LogP contribution is 2.23. The number of carbonyl (C=O) groups excluding carboxylic acids is 1. The molecule has 5 nitrogen and oxygen atoms in total. The average molecular weight is 277 g/mol. The first kappa shape index (κ1) is 14.8. The summed E-state index contributed by atoms with van der Waals surface area (Å²) in [5, 5.41) is 3.09. The van der Waals surface area contributed by atoms with Crippen LogP contribution >= 0.6 is 0 Å². The topological polar surface area (TPSA) is 67.6 Å². The third kappa shape index (κ3) is 3.71. The number of amides is 1. The number of nitrogens with two attached hydrogens (primary N) is 1. The molecular weight excluding hydrogens is 254 g/mol. The van der Waals surface area contributed by atoms with Crippen LogP contribution in [0.15, 0.2) is 30.3 Å². The molecule has 0 saturated carbocycles. The highest BCUT2D eigenvalue weighted by Gasteiger charge is 2.26. The Labute approximate surface area is 120 Å². The molecule has 1 heterocycles. The van der Waals surface area contributed by atoms with Crippen LogP contribution in [0.25, 0.3) is 0 Å². The van der Waals surface area contributed by atoms with Crippen molar-refractivity contribution in [2.75, 3.05) is 26.2 Å². The second-order valence-electron chi connectivity index (χ2n) is 5.81. The fraction of sp³-hybridized carbons (Fsp3) is 0.533. The van der Waals surface area contributed by atoms with Gasteiger partial charge in [-0.05, 0) is 5.56 Å². The van der Waals surface area contributed by atoms with Gasteiger partial charge in [0, 0.05) is 18.5 Å². The van der Waals surface area contributed by atoms with Crippen molar-refractivity contribution in [2.45, 2.75) is 25.4 Å². The number of ether oxygens (including phenoxy) is 1. The van der Waals surface area contributed by atoms with E-state index in [4.69, 9.17) is 10.5 Å². The van der Waals surface area contributed by atoms with Gasteiger partial charge in [-0.15, -0.1) is 0 Å². The number of benzene rings is 1. The normalized spacial score (nSPS) is 19.8. The molecule has 1 atom stereocenters. The Morgan fingerprint density at radius 1 is 1.45 bits per heavy atom. The number of nitrogens with zero attached hydrogens (tertiary/aromatic N) is 1. The summed E-state index contributed by atoms with van der Waals surface area (Å²) in [6.45, 7) is 6.33. The maximum Gasteiger partial charge on any atom is 0.409 e. The second kappa shape index (κ2) is 6.24. The molecule has 1 fully saturated rings. The van der Waals surface area contributed by atoms with Crippen molar-refractivity contribution in [2.24, 2.45) is 5.73 Å². The van der Waals surface area contributed by atoms with Gasteiger partial charge in [0.25, 0.3) is 0 Å². The van der Waals surface area contributed by atoms with Crippen molar-refractivity contribution in [3.05, 3.63) is 35.9 Å². The lowest BCUT2D eigenvalue weighted by molar-refractivity contribution is 0.0756. The molecule has 0 aromatic heterocycles. The third-order valence-corrected chi connectivity index (χ3v) is 3.58. The number of carbonyl (C=O) groups is 1. The van der Waals surface area contributed by atoms with Crippen molar-refractivity contribution in [1.82, 2.24) is 10.2 Å². The molecule has 5 heteroatoms. The minimum absolute atomic E-state index is 0.168. The van der Waals surface area contributed by atoms with Crippen LogP contribution in [-0.2, 0) is 10.2 Å². The number of nitrogens with one attached hydrogen (secondary N) is 1. The van der Waals surface area contributed by atoms with Crippen LogP contribution in [-0.4, -0.2) is 43.4 Å². The SMILES string of the molecule is CC(C)(COC(=O)N1CCNC(N)C1)c1ccccc1. The molecule has 1 aliphatic rings. The Morgan fingerprint density at radius 2 is 2.15 bits per heavy atom. The Kier molecular flexibility index (Phi) is 4.62. The molecule has 0 bridgehead atoms. The smallest absolute Gasteiger partial charge is 0.409 e. The standard InChI is InChI=1S/C15H23N3O2/c1-15(2,12-6-4-3-5-7-12)11-20-14(19)18-9-8-17-13(16)10-18/h3-7,13,17H,8-11,16H2,1-2H3. The molecule has 1 aliphatic heterocycles. The zero-order valence-corrected chi connectivity index (χ0v) is 12.1. The minimum atomic E-state index is -0.286. The van der Waals surface area contributed by atoms with Crippen LogP contribution in [0.3, 0.4) is 0 Å². The predicted octanol–water partition coefficient (Wildman–Crippen LogP) is 1.29. The van der Waals surface area contributed by atoms with Gasteiger partial charge in [-0.1, -0.05) is 44.2 Å². The predicted molar refractivity (Wildman–Crippen MR) is 78.4 cm³/mol. The van der Waals surface area contributed by atoms with Gasteiger partial charge in [-0.3, -0.25) is 5.32 Å². The van der Waals surface area contributed by atoms with E-state index >= 15 is 0 Å². The zero-order chi connectivity index (χ0) is 14.6. The first-order valence-corrected chi connectivity index (χ1v) is 6.95. The van der Waals surface area contributed by atoms with Gasteiger partial charge in [-0.2, -0.15) is 0 Å². The maximum atomic E-state index is 12.0. The van der Waals surface area contributed by atoms with Crippen LogP contribution in [0.2, 0.25) is 0 Å². The van der Waals surface area contributed by atoms with E-state index in [9.17, 15) is 4.79 Å². The van der Waals surface area contributed by atoms with E-state index in [1.165, 1.54) is 0 Å². The second-order valence-corrected chi connectivity index (χ2v) is 5.81. The number of hydrogen-bond donors (Lipinski definition) is 2. The molecule has 20 heavy (non-hydrogen) atoms. The van der Waals surface area contributed by atoms with Crippen LogP contribution in [0, 0.1) is 0 Å². The summed E-state index contributed by atoms with van der Waals surface area (Å²) in [6.07, 6.45) is -0.454. The largest absolute Gasteiger partial charge is 0.448 e. The molecule has 0 aliphatic carbocycles. The van der Waals surface area contributed by atoms with Gasteiger partial charge in [-0.25, -0.2) is 4.79 Å². The fourth-order valence-electron chi connectivity index (χ4n) is 2.25. The summed E-state index contributed by atoms with van der Waals surface area (Å²) >= 11 is 0. The van der Waals surface area contributed by atoms with E-state index in [0.717, 1.165) is 5.56 Å². The number of hydrogen-bond acceptors (Lipinski definition) is 4. The van der Waals surface area contributed by atoms with Crippen LogP contribution in [0.5, 0.6) is 0 Å². The summed E-state index contributed by atoms with van der Waals surface area (Å²) < 4.78 is 5.45. The first-order chi connectivity index (χ1) is 9.49. The Hall–Kier alpha value is -1.59. The van der Waals surface area contributed by atoms with Gasteiger partial charge < -0.3 is 15.4 Å². The van der Waals surface area contributed by atoms with Crippen LogP contribution in [0.4, 0.5) is 4.79 Å². The van der Waals surface area contributed by atoms with Crippen molar-refractivity contribution in [3.63, 3.8) is 0 Å². The summed E-state index contributed by atoms with van der Waals surface area (Å²) in [7, 11) is 0. The number of rotatable bonds is 3. The lowest BCUT2D eigenvalue weighted by atomic mass is 9.86. The molecule has 2 rings (SSSR count). The maximum absolute atomic E-state index is 12.0. The van der Waals surface area contributed by atoms with E-state index < -0.39 is 0 Å². The third-order valence-electron chi connectivity index (χ3n) is 3.58. The van der Waals surface area contributed by atoms with Gasteiger partial charge >= 0.3 is 6.09 Å². The molecule has 1 aromatic rings. The molecule has 1 amide bonds. The molecule has 110 valence electrons. The minimum Gasteiger partial charge on any atom is -0.448 e. The van der Waals surface area contributed by atoms with Crippen molar-refractivity contribution in [1.29, 1.82) is 0 Å². The molecule has 0 radical (unpaired) electrons. The van der Waals surface area contributed by atoms with Crippen LogP contribution in [0.1, 0.15) is 19.4 Å². The van der Waals surface area contributed by atoms with E-state index in [2.05, 4.69) is 31.3 Å². The fourth-order valence-corrected chi connectivity index (χ4v) is 2.25. The summed E-state index contributed by atoms with van der Waals surface area (Å²) in [6, 6.07) is 10.1. The summed E-state index contributed by atoms with van der Waals surface area (Å²) in [5.41, 5.74) is 6.73. The summed E-state index contributed by atoms with van der Waals surface area (Å²) in [4.78, 5) is 13.7. The van der Waals surface area contributed by atoms with E-state index in [1.54, 1.807) is 4.90 Å². The average Bonchev–Trinajstić information content (AvgIpc) is 2.46. The quantitative estimate of drug-likeness (QED) is 0.873. The first-order valence-electron chi connectivity index (χ1n) is 6.95. The number of piperazine rings is 1. The summed E-state index contributed by atoms with van der Waals surface area (Å²) in [5.74, 6) is 0. The highest BCUT2D eigenvalue weighted by molar-refractivity contribution is 5.68. The molecule has 1 aromatic carbocycles.